The number of hydrogen-bond donors (Lipinski definition) is 2. The highest BCUT2D eigenvalue weighted by molar-refractivity contribution is 5.98. The van der Waals surface area contributed by atoms with Gasteiger partial charge in [-0.2, -0.15) is 0 Å². The van der Waals surface area contributed by atoms with Crippen molar-refractivity contribution in [2.45, 2.75) is 25.3 Å². The predicted molar refractivity (Wildman–Crippen MR) is 123 cm³/mol. The highest BCUT2D eigenvalue weighted by Crippen LogP contribution is 2.32. The van der Waals surface area contributed by atoms with Crippen LogP contribution < -0.4 is 11.1 Å². The van der Waals surface area contributed by atoms with E-state index in [1.54, 1.807) is 13.3 Å². The lowest BCUT2D eigenvalue weighted by Crippen LogP contribution is -2.39. The molecule has 3 aromatic heterocycles. The van der Waals surface area contributed by atoms with Crippen LogP contribution in [0.15, 0.2) is 53.4 Å². The monoisotopic (exact) mass is 444 g/mol. The van der Waals surface area contributed by atoms with Crippen LogP contribution >= 0.6 is 0 Å². The van der Waals surface area contributed by atoms with Gasteiger partial charge in [-0.15, -0.1) is 0 Å². The van der Waals surface area contributed by atoms with Crippen LogP contribution in [0.3, 0.4) is 0 Å². The molecule has 3 N–H and O–H groups in total. The topological polar surface area (TPSA) is 129 Å². The molecule has 9 nitrogen and oxygen atoms in total. The smallest absolute Gasteiger partial charge is 0.273 e. The average molecular weight is 444 g/mol. The lowest BCUT2D eigenvalue weighted by atomic mass is 10.0. The molecule has 3 heterocycles. The number of nitrogens with zero attached hydrogens (tertiary/aromatic N) is 4. The van der Waals surface area contributed by atoms with Crippen molar-refractivity contribution >= 4 is 22.6 Å². The number of nitrogens with one attached hydrogen (secondary N) is 1. The molecule has 1 aromatic carbocycles. The van der Waals surface area contributed by atoms with Crippen LogP contribution in [0, 0.1) is 5.92 Å². The number of methoxy groups -OCH3 is 1. The second-order valence-electron chi connectivity index (χ2n) is 8.13. The van der Waals surface area contributed by atoms with Crippen molar-refractivity contribution in [1.29, 1.82) is 0 Å². The van der Waals surface area contributed by atoms with E-state index >= 15 is 0 Å². The Morgan fingerprint density at radius 2 is 2.09 bits per heavy atom. The Bertz CT molecular complexity index is 1290. The van der Waals surface area contributed by atoms with Gasteiger partial charge in [0.25, 0.3) is 5.91 Å². The largest absolute Gasteiger partial charge is 0.443 e. The summed E-state index contributed by atoms with van der Waals surface area (Å²) in [7, 11) is 1.67. The van der Waals surface area contributed by atoms with Crippen LogP contribution in [0.2, 0.25) is 0 Å². The molecule has 1 saturated carbocycles. The average Bonchev–Trinajstić information content (AvgIpc) is 3.51. The molecule has 168 valence electrons. The van der Waals surface area contributed by atoms with E-state index in [4.69, 9.17) is 14.9 Å². The summed E-state index contributed by atoms with van der Waals surface area (Å²) in [4.78, 5) is 30.9. The molecular formula is C24H24N6O3. The van der Waals surface area contributed by atoms with Gasteiger partial charge in [0, 0.05) is 36.2 Å². The quantitative estimate of drug-likeness (QED) is 0.462. The molecule has 0 bridgehead atoms. The zero-order valence-corrected chi connectivity index (χ0v) is 18.2. The summed E-state index contributed by atoms with van der Waals surface area (Å²) in [5.74, 6) is 0.217. The predicted octanol–water partition coefficient (Wildman–Crippen LogP) is 3.47. The van der Waals surface area contributed by atoms with Crippen molar-refractivity contribution in [2.75, 3.05) is 19.5 Å². The van der Waals surface area contributed by atoms with Gasteiger partial charge in [-0.05, 0) is 31.0 Å². The zero-order chi connectivity index (χ0) is 22.8. The third-order valence-electron chi connectivity index (χ3n) is 6.01. The molecule has 0 unspecified atom stereocenters. The second kappa shape index (κ2) is 8.95. The Labute approximate surface area is 190 Å². The molecule has 2 atom stereocenters. The summed E-state index contributed by atoms with van der Waals surface area (Å²) >= 11 is 0. The van der Waals surface area contributed by atoms with Gasteiger partial charge in [0.2, 0.25) is 5.89 Å². The second-order valence-corrected chi connectivity index (χ2v) is 8.13. The van der Waals surface area contributed by atoms with E-state index < -0.39 is 0 Å². The van der Waals surface area contributed by atoms with E-state index in [2.05, 4.69) is 25.3 Å². The van der Waals surface area contributed by atoms with Crippen LogP contribution in [0.4, 0.5) is 5.82 Å². The standard InChI is InChI=1S/C24H24N6O3/c1-32-13-16-4-2-6-18(16)28-23(31)21-22(25)30-20(24-27-10-11-33-24)19(29-21)15-7-8-17-14(12-15)5-3-9-26-17/h3,5,7-12,16,18H,2,4,6,13H2,1H3,(H2,25,30)(H,28,31)/t16-,18-/m0/s1. The number of aromatic nitrogens is 4. The first-order valence-electron chi connectivity index (χ1n) is 10.9. The van der Waals surface area contributed by atoms with Crippen molar-refractivity contribution in [2.24, 2.45) is 5.92 Å². The van der Waals surface area contributed by atoms with E-state index in [9.17, 15) is 4.79 Å². The van der Waals surface area contributed by atoms with E-state index in [-0.39, 0.29) is 35.3 Å². The Balaban J connectivity index is 1.56. The van der Waals surface area contributed by atoms with Crippen molar-refractivity contribution in [3.8, 4) is 22.8 Å². The Hall–Kier alpha value is -3.85. The van der Waals surface area contributed by atoms with Crippen molar-refractivity contribution in [3.63, 3.8) is 0 Å². The highest BCUT2D eigenvalue weighted by Gasteiger charge is 2.30. The molecule has 9 heteroatoms. The fourth-order valence-electron chi connectivity index (χ4n) is 4.41. The maximum Gasteiger partial charge on any atom is 0.273 e. The lowest BCUT2D eigenvalue weighted by molar-refractivity contribution is 0.0894. The molecule has 1 amide bonds. The van der Waals surface area contributed by atoms with E-state index in [0.29, 0.717) is 18.0 Å². The molecule has 33 heavy (non-hydrogen) atoms. The van der Waals surface area contributed by atoms with Crippen LogP contribution in [-0.4, -0.2) is 45.6 Å². The summed E-state index contributed by atoms with van der Waals surface area (Å²) in [6.45, 7) is 0.603. The maximum atomic E-state index is 13.2. The number of nitrogen functional groups attached to an aromatic ring is 1. The number of ether oxygens (including phenoxy) is 1. The number of fused-ring (bicyclic) bond motifs is 1. The third kappa shape index (κ3) is 4.14. The molecule has 1 aliphatic carbocycles. The van der Waals surface area contributed by atoms with Crippen LogP contribution in [-0.2, 0) is 4.74 Å². The third-order valence-corrected chi connectivity index (χ3v) is 6.01. The SMILES string of the molecule is COC[C@@H]1CCC[C@@H]1NC(=O)c1nc(-c2ccc3ncccc3c2)c(-c2ncco2)nc1N. The maximum absolute atomic E-state index is 13.2. The summed E-state index contributed by atoms with van der Waals surface area (Å²) in [6.07, 6.45) is 7.67. The fourth-order valence-corrected chi connectivity index (χ4v) is 4.41. The molecule has 5 rings (SSSR count). The van der Waals surface area contributed by atoms with Crippen LogP contribution in [0.5, 0.6) is 0 Å². The van der Waals surface area contributed by atoms with Gasteiger partial charge < -0.3 is 20.2 Å². The highest BCUT2D eigenvalue weighted by atomic mass is 16.5. The Kier molecular flexibility index (Phi) is 5.70. The molecule has 1 fully saturated rings. The number of carbonyl (C=O) groups excluding carboxylic acids is 1. The molecule has 0 radical (unpaired) electrons. The summed E-state index contributed by atoms with van der Waals surface area (Å²) in [5.41, 5.74) is 8.71. The number of anilines is 1. The Morgan fingerprint density at radius 3 is 2.91 bits per heavy atom. The zero-order valence-electron chi connectivity index (χ0n) is 18.2. The van der Waals surface area contributed by atoms with Gasteiger partial charge in [0.05, 0.1) is 18.3 Å². The van der Waals surface area contributed by atoms with Crippen molar-refractivity contribution < 1.29 is 13.9 Å². The first kappa shape index (κ1) is 21.0. The van der Waals surface area contributed by atoms with Gasteiger partial charge in [-0.3, -0.25) is 9.78 Å². The number of carbonyl (C=O) groups is 1. The minimum Gasteiger partial charge on any atom is -0.443 e. The number of oxazole rings is 1. The van der Waals surface area contributed by atoms with E-state index in [1.807, 2.05) is 30.3 Å². The van der Waals surface area contributed by atoms with Gasteiger partial charge in [-0.1, -0.05) is 18.6 Å². The number of nitrogens with two attached hydrogens (primary N) is 1. The molecule has 0 aliphatic heterocycles. The van der Waals surface area contributed by atoms with Gasteiger partial charge in [0.15, 0.2) is 17.2 Å². The molecule has 4 aromatic rings. The summed E-state index contributed by atoms with van der Waals surface area (Å²) < 4.78 is 10.8. The molecular weight excluding hydrogens is 420 g/mol. The normalized spacial score (nSPS) is 18.0. The van der Waals surface area contributed by atoms with E-state index in [0.717, 1.165) is 35.7 Å². The fraction of sp³-hybridized carbons (Fsp3) is 0.292. The minimum atomic E-state index is -0.351. The van der Waals surface area contributed by atoms with Gasteiger partial charge in [0.1, 0.15) is 12.0 Å². The van der Waals surface area contributed by atoms with Crippen molar-refractivity contribution in [1.82, 2.24) is 25.3 Å². The first-order valence-corrected chi connectivity index (χ1v) is 10.9. The lowest BCUT2D eigenvalue weighted by Gasteiger charge is -2.20. The number of amides is 1. The summed E-state index contributed by atoms with van der Waals surface area (Å²) in [5, 5.41) is 4.02. The number of pyridine rings is 1. The number of rotatable bonds is 6. The molecule has 0 spiro atoms. The Morgan fingerprint density at radius 1 is 1.18 bits per heavy atom. The summed E-state index contributed by atoms with van der Waals surface area (Å²) in [6, 6.07) is 9.57. The number of benzene rings is 1. The van der Waals surface area contributed by atoms with Crippen LogP contribution in [0.25, 0.3) is 33.7 Å². The van der Waals surface area contributed by atoms with E-state index in [1.165, 1.54) is 12.5 Å². The number of hydrogen-bond acceptors (Lipinski definition) is 8. The van der Waals surface area contributed by atoms with Crippen LogP contribution in [0.1, 0.15) is 29.8 Å². The van der Waals surface area contributed by atoms with Crippen molar-refractivity contribution in [3.05, 3.63) is 54.7 Å². The molecule has 0 saturated heterocycles. The van der Waals surface area contributed by atoms with Gasteiger partial charge in [-0.25, -0.2) is 15.0 Å². The van der Waals surface area contributed by atoms with Gasteiger partial charge >= 0.3 is 0 Å². The minimum absolute atomic E-state index is 0.0141. The first-order chi connectivity index (χ1) is 16.1. The molecule has 1 aliphatic rings.